The molecular formula is C50H34N4O. The molecule has 1 aliphatic carbocycles. The standard InChI is InChI=1S/C50H34N4O/c1-49(2)40-21-11-10-19-37(40)38-30-27-33(31-43(38)49)47-52-46(32-25-28-36(51-3)29-26-32)53-48(54-47)39-20-14-23-42-45(39)55-44-24-13-12-22-41(44)50(42,34-15-6-4-7-16-34)35-17-8-5-9-18-35/h4-31H,1-2H3. The third-order valence-corrected chi connectivity index (χ3v) is 11.3. The lowest BCUT2D eigenvalue weighted by Crippen LogP contribution is -2.34. The van der Waals surface area contributed by atoms with E-state index in [1.54, 1.807) is 12.1 Å². The van der Waals surface area contributed by atoms with Crippen molar-refractivity contribution < 1.29 is 4.74 Å². The summed E-state index contributed by atoms with van der Waals surface area (Å²) in [6, 6.07) is 58.5. The topological polar surface area (TPSA) is 52.3 Å². The van der Waals surface area contributed by atoms with Crippen molar-refractivity contribution in [2.75, 3.05) is 0 Å². The molecule has 10 rings (SSSR count). The van der Waals surface area contributed by atoms with Crippen molar-refractivity contribution in [2.45, 2.75) is 24.7 Å². The normalized spacial score (nSPS) is 14.1. The van der Waals surface area contributed by atoms with Crippen molar-refractivity contribution in [3.05, 3.63) is 215 Å². The zero-order chi connectivity index (χ0) is 37.1. The third kappa shape index (κ3) is 4.96. The van der Waals surface area contributed by atoms with E-state index >= 15 is 0 Å². The molecule has 55 heavy (non-hydrogen) atoms. The van der Waals surface area contributed by atoms with Crippen molar-refractivity contribution in [2.24, 2.45) is 0 Å². The number of ether oxygens (including phenoxy) is 1. The zero-order valence-corrected chi connectivity index (χ0v) is 30.4. The molecule has 0 N–H and O–H groups in total. The van der Waals surface area contributed by atoms with Crippen LogP contribution < -0.4 is 4.74 Å². The summed E-state index contributed by atoms with van der Waals surface area (Å²) < 4.78 is 6.97. The first-order valence-electron chi connectivity index (χ1n) is 18.5. The van der Waals surface area contributed by atoms with Crippen LogP contribution >= 0.6 is 0 Å². The first kappa shape index (κ1) is 32.5. The van der Waals surface area contributed by atoms with Gasteiger partial charge in [0.25, 0.3) is 0 Å². The molecule has 260 valence electrons. The van der Waals surface area contributed by atoms with Gasteiger partial charge in [0.2, 0.25) is 0 Å². The van der Waals surface area contributed by atoms with E-state index in [9.17, 15) is 0 Å². The van der Waals surface area contributed by atoms with Gasteiger partial charge in [-0.3, -0.25) is 0 Å². The monoisotopic (exact) mass is 706 g/mol. The molecule has 7 aromatic carbocycles. The van der Waals surface area contributed by atoms with Crippen LogP contribution in [-0.2, 0) is 10.8 Å². The quantitative estimate of drug-likeness (QED) is 0.167. The predicted molar refractivity (Wildman–Crippen MR) is 218 cm³/mol. The fourth-order valence-electron chi connectivity index (χ4n) is 8.69. The van der Waals surface area contributed by atoms with Gasteiger partial charge in [-0.15, -0.1) is 0 Å². The van der Waals surface area contributed by atoms with Crippen LogP contribution in [0.4, 0.5) is 5.69 Å². The summed E-state index contributed by atoms with van der Waals surface area (Å²) in [5.41, 5.74) is 11.5. The van der Waals surface area contributed by atoms with E-state index in [-0.39, 0.29) is 5.41 Å². The molecule has 0 atom stereocenters. The first-order valence-corrected chi connectivity index (χ1v) is 18.5. The van der Waals surface area contributed by atoms with Crippen molar-refractivity contribution >= 4 is 5.69 Å². The summed E-state index contributed by atoms with van der Waals surface area (Å²) in [6.45, 7) is 12.1. The Morgan fingerprint density at radius 2 is 1.02 bits per heavy atom. The summed E-state index contributed by atoms with van der Waals surface area (Å²) in [4.78, 5) is 19.1. The highest BCUT2D eigenvalue weighted by atomic mass is 16.5. The Balaban J connectivity index is 1.22. The molecule has 8 aromatic rings. The van der Waals surface area contributed by atoms with Crippen LogP contribution in [0, 0.1) is 6.57 Å². The Hall–Kier alpha value is -7.16. The number of rotatable bonds is 5. The van der Waals surface area contributed by atoms with Crippen molar-refractivity contribution in [1.29, 1.82) is 0 Å². The lowest BCUT2D eigenvalue weighted by Gasteiger charge is -2.42. The molecule has 5 nitrogen and oxygen atoms in total. The molecule has 0 saturated heterocycles. The van der Waals surface area contributed by atoms with Gasteiger partial charge < -0.3 is 4.74 Å². The van der Waals surface area contributed by atoms with Crippen molar-refractivity contribution in [1.82, 2.24) is 15.0 Å². The maximum absolute atomic E-state index is 7.52. The minimum Gasteiger partial charge on any atom is -0.456 e. The summed E-state index contributed by atoms with van der Waals surface area (Å²) in [5, 5.41) is 0. The maximum atomic E-state index is 7.52. The minimum absolute atomic E-state index is 0.186. The molecule has 1 aliphatic heterocycles. The van der Waals surface area contributed by atoms with Gasteiger partial charge in [-0.25, -0.2) is 19.8 Å². The van der Waals surface area contributed by atoms with Crippen LogP contribution in [0.25, 0.3) is 50.1 Å². The second kappa shape index (κ2) is 12.5. The lowest BCUT2D eigenvalue weighted by atomic mass is 9.63. The van der Waals surface area contributed by atoms with Crippen LogP contribution in [0.15, 0.2) is 170 Å². The summed E-state index contributed by atoms with van der Waals surface area (Å²) in [7, 11) is 0. The van der Waals surface area contributed by atoms with E-state index < -0.39 is 5.41 Å². The van der Waals surface area contributed by atoms with Crippen LogP contribution in [0.3, 0.4) is 0 Å². The lowest BCUT2D eigenvalue weighted by molar-refractivity contribution is 0.436. The Labute approximate surface area is 320 Å². The number of aromatic nitrogens is 3. The number of hydrogen-bond donors (Lipinski definition) is 0. The molecule has 0 saturated carbocycles. The Kier molecular flexibility index (Phi) is 7.37. The number of fused-ring (bicyclic) bond motifs is 5. The fourth-order valence-corrected chi connectivity index (χ4v) is 8.69. The van der Waals surface area contributed by atoms with E-state index in [2.05, 4.69) is 146 Å². The van der Waals surface area contributed by atoms with Crippen LogP contribution in [0.2, 0.25) is 0 Å². The maximum Gasteiger partial charge on any atom is 0.187 e. The van der Waals surface area contributed by atoms with Crippen molar-refractivity contribution in [3.63, 3.8) is 0 Å². The highest BCUT2D eigenvalue weighted by Crippen LogP contribution is 2.57. The van der Waals surface area contributed by atoms with E-state index in [0.29, 0.717) is 28.9 Å². The molecule has 2 aliphatic rings. The molecule has 1 aromatic heterocycles. The van der Waals surface area contributed by atoms with Crippen LogP contribution in [-0.4, -0.2) is 15.0 Å². The Morgan fingerprint density at radius 1 is 0.473 bits per heavy atom. The van der Waals surface area contributed by atoms with Gasteiger partial charge in [-0.05, 0) is 51.6 Å². The molecule has 0 radical (unpaired) electrons. The summed E-state index contributed by atoms with van der Waals surface area (Å²) in [5.74, 6) is 3.06. The first-order chi connectivity index (χ1) is 27.0. The zero-order valence-electron chi connectivity index (χ0n) is 30.4. The highest BCUT2D eigenvalue weighted by molar-refractivity contribution is 5.84. The summed E-state index contributed by atoms with van der Waals surface area (Å²) in [6.07, 6.45) is 0. The molecule has 5 heteroatoms. The second-order valence-corrected chi connectivity index (χ2v) is 14.7. The van der Waals surface area contributed by atoms with E-state index in [0.717, 1.165) is 44.7 Å². The molecule has 0 bridgehead atoms. The van der Waals surface area contributed by atoms with Gasteiger partial charge in [0.1, 0.15) is 11.5 Å². The van der Waals surface area contributed by atoms with Crippen LogP contribution in [0.1, 0.15) is 47.2 Å². The largest absolute Gasteiger partial charge is 0.456 e. The number of benzene rings is 7. The summed E-state index contributed by atoms with van der Waals surface area (Å²) >= 11 is 0. The molecule has 2 heterocycles. The van der Waals surface area contributed by atoms with Gasteiger partial charge in [0.15, 0.2) is 23.2 Å². The predicted octanol–water partition coefficient (Wildman–Crippen LogP) is 12.2. The molecule has 0 amide bonds. The van der Waals surface area contributed by atoms with E-state index in [1.165, 1.54) is 22.3 Å². The number of para-hydroxylation sites is 2. The Bertz CT molecular complexity index is 2780. The number of nitrogens with zero attached hydrogens (tertiary/aromatic N) is 4. The van der Waals surface area contributed by atoms with Gasteiger partial charge in [0.05, 0.1) is 17.6 Å². The number of hydrogen-bond acceptors (Lipinski definition) is 4. The fraction of sp³-hybridized carbons (Fsp3) is 0.0800. The highest BCUT2D eigenvalue weighted by Gasteiger charge is 2.46. The molecule has 0 fully saturated rings. The van der Waals surface area contributed by atoms with E-state index in [4.69, 9.17) is 26.3 Å². The van der Waals surface area contributed by atoms with E-state index in [1.807, 2.05) is 30.3 Å². The SMILES string of the molecule is [C-]#[N+]c1ccc(-c2nc(-c3ccc4c(c3)C(C)(C)c3ccccc3-4)nc(-c3cccc4c3Oc3ccccc3C4(c3ccccc3)c3ccccc3)n2)cc1. The van der Waals surface area contributed by atoms with Gasteiger partial charge >= 0.3 is 0 Å². The average Bonchev–Trinajstić information content (AvgIpc) is 3.48. The molecular weight excluding hydrogens is 673 g/mol. The van der Waals surface area contributed by atoms with Gasteiger partial charge in [-0.1, -0.05) is 166 Å². The third-order valence-electron chi connectivity index (χ3n) is 11.3. The average molecular weight is 707 g/mol. The Morgan fingerprint density at radius 3 is 1.73 bits per heavy atom. The van der Waals surface area contributed by atoms with Gasteiger partial charge in [-0.2, -0.15) is 0 Å². The molecule has 0 spiro atoms. The van der Waals surface area contributed by atoms with Crippen LogP contribution in [0.5, 0.6) is 11.5 Å². The minimum atomic E-state index is -0.683. The smallest absolute Gasteiger partial charge is 0.187 e. The van der Waals surface area contributed by atoms with Gasteiger partial charge in [0, 0.05) is 27.7 Å². The van der Waals surface area contributed by atoms with Crippen molar-refractivity contribution in [3.8, 4) is 56.8 Å². The molecule has 0 unspecified atom stereocenters. The second-order valence-electron chi connectivity index (χ2n) is 14.7.